The van der Waals surface area contributed by atoms with Gasteiger partial charge in [-0.25, -0.2) is 4.98 Å². The molecule has 0 aliphatic carbocycles. The summed E-state index contributed by atoms with van der Waals surface area (Å²) >= 11 is 1.86. The molecule has 2 aliphatic heterocycles. The number of fused-ring (bicyclic) bond motifs is 8. The minimum Gasteiger partial charge on any atom is -0.358 e. The molecule has 0 spiro atoms. The summed E-state index contributed by atoms with van der Waals surface area (Å²) in [6, 6.07) is 41.8. The Bertz CT molecular complexity index is 2220. The van der Waals surface area contributed by atoms with Gasteiger partial charge in [0.05, 0.1) is 11.4 Å². The molecule has 1 N–H and O–H groups in total. The topological polar surface area (TPSA) is 28.2 Å². The third-order valence-corrected chi connectivity index (χ3v) is 9.62. The van der Waals surface area contributed by atoms with E-state index in [1.165, 1.54) is 47.8 Å². The summed E-state index contributed by atoms with van der Waals surface area (Å²) in [5.41, 5.74) is 8.10. The first-order valence-electron chi connectivity index (χ1n) is 14.3. The molecule has 2 aromatic heterocycles. The van der Waals surface area contributed by atoms with Crippen LogP contribution in [-0.4, -0.2) is 11.1 Å². The van der Waals surface area contributed by atoms with E-state index in [2.05, 4.69) is 150 Å². The molecule has 198 valence electrons. The second-order valence-electron chi connectivity index (χ2n) is 10.9. The van der Waals surface area contributed by atoms with Crippen LogP contribution in [0, 0.1) is 0 Å². The summed E-state index contributed by atoms with van der Waals surface area (Å²) in [5, 5.41) is 8.67. The number of anilines is 2. The van der Waals surface area contributed by atoms with Gasteiger partial charge in [0.15, 0.2) is 5.82 Å². The van der Waals surface area contributed by atoms with Crippen molar-refractivity contribution in [2.24, 2.45) is 0 Å². The van der Waals surface area contributed by atoms with E-state index in [0.29, 0.717) is 0 Å². The second-order valence-corrected chi connectivity index (χ2v) is 12.0. The van der Waals surface area contributed by atoms with Crippen LogP contribution in [0.1, 0.15) is 0 Å². The van der Waals surface area contributed by atoms with Crippen molar-refractivity contribution in [3.05, 3.63) is 140 Å². The van der Waals surface area contributed by atoms with E-state index in [9.17, 15) is 0 Å². The highest BCUT2D eigenvalue weighted by atomic mass is 32.1. The zero-order valence-electron chi connectivity index (χ0n) is 22.7. The molecule has 7 aromatic rings. The molecule has 1 unspecified atom stereocenters. The number of allylic oxidation sites excluding steroid dienone is 2. The Balaban J connectivity index is 1.05. The Morgan fingerprint density at radius 2 is 1.19 bits per heavy atom. The van der Waals surface area contributed by atoms with Gasteiger partial charge in [0.25, 0.3) is 0 Å². The van der Waals surface area contributed by atoms with Gasteiger partial charge in [-0.05, 0) is 52.6 Å². The van der Waals surface area contributed by atoms with Crippen molar-refractivity contribution in [1.82, 2.24) is 4.98 Å². The molecule has 0 radical (unpaired) electrons. The molecule has 9 rings (SSSR count). The third-order valence-electron chi connectivity index (χ3n) is 8.47. The predicted octanol–water partition coefficient (Wildman–Crippen LogP) is 10.2. The van der Waals surface area contributed by atoms with Gasteiger partial charge in [-0.15, -0.1) is 11.3 Å². The van der Waals surface area contributed by atoms with Crippen molar-refractivity contribution in [1.29, 1.82) is 0 Å². The summed E-state index contributed by atoms with van der Waals surface area (Å²) < 4.78 is 2.68. The second kappa shape index (κ2) is 9.16. The summed E-state index contributed by atoms with van der Waals surface area (Å²) in [5.74, 6) is 0.975. The SMILES string of the molecule is C1=CC2Nc3c(nc(-c4ccc(-c5ccc(-c6ccc7sc8ccccc8c7c6)cc5)cc4)c4ccccc34)N2C=C1. The lowest BCUT2D eigenvalue weighted by Gasteiger charge is -2.21. The predicted molar refractivity (Wildman–Crippen MR) is 179 cm³/mol. The third kappa shape index (κ3) is 3.62. The average Bonchev–Trinajstić information content (AvgIpc) is 3.63. The molecular weight excluding hydrogens is 531 g/mol. The van der Waals surface area contributed by atoms with Crippen LogP contribution in [0.5, 0.6) is 0 Å². The average molecular weight is 556 g/mol. The molecule has 0 fully saturated rings. The first-order valence-corrected chi connectivity index (χ1v) is 15.1. The van der Waals surface area contributed by atoms with Gasteiger partial charge in [-0.1, -0.05) is 103 Å². The van der Waals surface area contributed by atoms with E-state index < -0.39 is 0 Å². The number of hydrogen-bond donors (Lipinski definition) is 1. The number of nitrogens with one attached hydrogen (secondary N) is 1. The van der Waals surface area contributed by atoms with Crippen molar-refractivity contribution in [2.45, 2.75) is 6.17 Å². The van der Waals surface area contributed by atoms with Gasteiger partial charge in [0, 0.05) is 42.7 Å². The molecule has 4 heteroatoms. The largest absolute Gasteiger partial charge is 0.358 e. The maximum atomic E-state index is 5.20. The van der Waals surface area contributed by atoms with E-state index in [-0.39, 0.29) is 6.17 Å². The molecule has 2 aliphatic rings. The number of benzene rings is 5. The van der Waals surface area contributed by atoms with Crippen molar-refractivity contribution in [3.63, 3.8) is 0 Å². The number of nitrogens with zero attached hydrogens (tertiary/aromatic N) is 2. The van der Waals surface area contributed by atoms with Crippen LogP contribution in [-0.2, 0) is 0 Å². The van der Waals surface area contributed by atoms with E-state index in [4.69, 9.17) is 4.98 Å². The van der Waals surface area contributed by atoms with Crippen LogP contribution in [0.2, 0.25) is 0 Å². The molecule has 0 bridgehead atoms. The lowest BCUT2D eigenvalue weighted by Crippen LogP contribution is -2.30. The minimum absolute atomic E-state index is 0.105. The molecular formula is C38H25N3S. The maximum absolute atomic E-state index is 5.20. The Hall–Kier alpha value is -5.19. The van der Waals surface area contributed by atoms with Crippen molar-refractivity contribution in [2.75, 3.05) is 10.2 Å². The number of aromatic nitrogens is 1. The first kappa shape index (κ1) is 23.5. The highest BCUT2D eigenvalue weighted by Crippen LogP contribution is 2.44. The van der Waals surface area contributed by atoms with Crippen molar-refractivity contribution < 1.29 is 0 Å². The van der Waals surface area contributed by atoms with Gasteiger partial charge in [0.2, 0.25) is 0 Å². The number of rotatable bonds is 3. The smallest absolute Gasteiger partial charge is 0.159 e. The first-order chi connectivity index (χ1) is 20.8. The van der Waals surface area contributed by atoms with Gasteiger partial charge < -0.3 is 10.2 Å². The lowest BCUT2D eigenvalue weighted by atomic mass is 9.97. The Labute approximate surface area is 247 Å². The number of pyridine rings is 1. The molecule has 3 nitrogen and oxygen atoms in total. The quantitative estimate of drug-likeness (QED) is 0.235. The van der Waals surface area contributed by atoms with Gasteiger partial charge in [0.1, 0.15) is 6.17 Å². The summed E-state index contributed by atoms with van der Waals surface area (Å²) in [6.45, 7) is 0. The summed E-state index contributed by atoms with van der Waals surface area (Å²) in [6.07, 6.45) is 8.51. The molecule has 0 saturated carbocycles. The molecule has 0 saturated heterocycles. The molecule has 42 heavy (non-hydrogen) atoms. The van der Waals surface area contributed by atoms with Crippen LogP contribution in [0.25, 0.3) is 64.5 Å². The van der Waals surface area contributed by atoms with Crippen LogP contribution < -0.4 is 10.2 Å². The van der Waals surface area contributed by atoms with Gasteiger partial charge in [-0.2, -0.15) is 0 Å². The standard InChI is InChI=1S/C38H25N3S/c1-2-9-31-30(8-1)36(40-38-37(31)39-35-11-5-6-22-41(35)38)27-18-16-25(17-19-27)24-12-14-26(15-13-24)28-20-21-34-32(23-28)29-7-3-4-10-33(29)42-34/h1-23,35,39H. The fraction of sp³-hybridized carbons (Fsp3) is 0.0263. The van der Waals surface area contributed by atoms with Crippen LogP contribution in [0.4, 0.5) is 11.5 Å². The van der Waals surface area contributed by atoms with Gasteiger partial charge >= 0.3 is 0 Å². The highest BCUT2D eigenvalue weighted by Gasteiger charge is 2.30. The molecule has 0 amide bonds. The zero-order valence-corrected chi connectivity index (χ0v) is 23.5. The fourth-order valence-corrected chi connectivity index (χ4v) is 7.43. The molecule has 4 heterocycles. The van der Waals surface area contributed by atoms with E-state index in [1.54, 1.807) is 0 Å². The Morgan fingerprint density at radius 3 is 1.98 bits per heavy atom. The number of thiophene rings is 1. The van der Waals surface area contributed by atoms with Crippen molar-refractivity contribution >= 4 is 53.8 Å². The minimum atomic E-state index is 0.105. The lowest BCUT2D eigenvalue weighted by molar-refractivity contribution is 0.896. The summed E-state index contributed by atoms with van der Waals surface area (Å²) in [4.78, 5) is 7.41. The van der Waals surface area contributed by atoms with Crippen LogP contribution in [0.15, 0.2) is 140 Å². The fourth-order valence-electron chi connectivity index (χ4n) is 6.35. The Morgan fingerprint density at radius 1 is 0.571 bits per heavy atom. The van der Waals surface area contributed by atoms with E-state index in [0.717, 1.165) is 28.1 Å². The van der Waals surface area contributed by atoms with Gasteiger partial charge in [-0.3, -0.25) is 0 Å². The maximum Gasteiger partial charge on any atom is 0.159 e. The van der Waals surface area contributed by atoms with Crippen LogP contribution in [0.3, 0.4) is 0 Å². The van der Waals surface area contributed by atoms with E-state index >= 15 is 0 Å². The summed E-state index contributed by atoms with van der Waals surface area (Å²) in [7, 11) is 0. The molecule has 1 atom stereocenters. The van der Waals surface area contributed by atoms with E-state index in [1.807, 2.05) is 11.3 Å². The van der Waals surface area contributed by atoms with Crippen LogP contribution >= 0.6 is 11.3 Å². The number of hydrogen-bond acceptors (Lipinski definition) is 4. The zero-order chi connectivity index (χ0) is 27.6. The Kier molecular flexibility index (Phi) is 5.13. The molecule has 5 aromatic carbocycles. The highest BCUT2D eigenvalue weighted by molar-refractivity contribution is 7.25. The monoisotopic (exact) mass is 555 g/mol. The normalized spacial score (nSPS) is 15.3. The van der Waals surface area contributed by atoms with Crippen molar-refractivity contribution in [3.8, 4) is 33.5 Å².